The molecule has 3 aromatic rings. The minimum atomic E-state index is -0.449. The summed E-state index contributed by atoms with van der Waals surface area (Å²) in [6.45, 7) is 3.76. The van der Waals surface area contributed by atoms with Gasteiger partial charge in [-0.3, -0.25) is 4.79 Å². The predicted molar refractivity (Wildman–Crippen MR) is 106 cm³/mol. The van der Waals surface area contributed by atoms with Crippen molar-refractivity contribution in [3.63, 3.8) is 0 Å². The van der Waals surface area contributed by atoms with E-state index in [1.807, 2.05) is 61.5 Å². The maximum Gasteiger partial charge on any atom is 0.262 e. The van der Waals surface area contributed by atoms with Gasteiger partial charge in [0.2, 0.25) is 0 Å². The molecule has 0 radical (unpaired) electrons. The number of phenolic OH excluding ortho intramolecular Hbond substituents is 1. The number of aromatic hydroxyl groups is 1. The van der Waals surface area contributed by atoms with Crippen LogP contribution in [0.5, 0.6) is 5.75 Å². The van der Waals surface area contributed by atoms with E-state index in [1.165, 1.54) is 6.21 Å². The van der Waals surface area contributed by atoms with Crippen LogP contribution in [0, 0.1) is 6.92 Å². The molecule has 1 amide bonds. The fourth-order valence-corrected chi connectivity index (χ4v) is 2.73. The fraction of sp³-hybridized carbons (Fsp3) is 0.143. The first-order valence-electron chi connectivity index (χ1n) is 8.41. The monoisotopic (exact) mass is 347 g/mol. The quantitative estimate of drug-likeness (QED) is 0.485. The first-order chi connectivity index (χ1) is 12.5. The van der Waals surface area contributed by atoms with Gasteiger partial charge in [-0.05, 0) is 48.4 Å². The number of aryl methyl sites for hydroxylation is 1. The van der Waals surface area contributed by atoms with Gasteiger partial charge in [0.1, 0.15) is 11.8 Å². The third kappa shape index (κ3) is 4.00. The zero-order chi connectivity index (χ0) is 18.5. The summed E-state index contributed by atoms with van der Waals surface area (Å²) in [6, 6.07) is 18.5. The van der Waals surface area contributed by atoms with Crippen LogP contribution < -0.4 is 10.7 Å². The number of fused-ring (bicyclic) bond motifs is 1. The second-order valence-corrected chi connectivity index (χ2v) is 6.19. The summed E-state index contributed by atoms with van der Waals surface area (Å²) in [4.78, 5) is 12.2. The predicted octanol–water partition coefficient (Wildman–Crippen LogP) is 3.80. The number of carbonyl (C=O) groups is 1. The minimum Gasteiger partial charge on any atom is -0.507 e. The smallest absolute Gasteiger partial charge is 0.262 e. The van der Waals surface area contributed by atoms with Gasteiger partial charge in [0.05, 0.1) is 6.21 Å². The van der Waals surface area contributed by atoms with Gasteiger partial charge in [0.15, 0.2) is 0 Å². The largest absolute Gasteiger partial charge is 0.507 e. The Morgan fingerprint density at radius 3 is 2.73 bits per heavy atom. The summed E-state index contributed by atoms with van der Waals surface area (Å²) in [5, 5.41) is 19.1. The summed E-state index contributed by atoms with van der Waals surface area (Å²) in [7, 11) is 0. The van der Waals surface area contributed by atoms with Crippen LogP contribution >= 0.6 is 0 Å². The molecule has 3 aromatic carbocycles. The van der Waals surface area contributed by atoms with E-state index in [-0.39, 0.29) is 11.7 Å². The number of phenols is 1. The van der Waals surface area contributed by atoms with Crippen molar-refractivity contribution in [1.82, 2.24) is 5.43 Å². The number of hydrazone groups is 1. The molecular weight excluding hydrogens is 326 g/mol. The zero-order valence-electron chi connectivity index (χ0n) is 14.7. The van der Waals surface area contributed by atoms with Crippen LogP contribution in [0.15, 0.2) is 65.8 Å². The molecule has 1 atom stereocenters. The standard InChI is InChI=1S/C21H21N3O2/c1-14-6-5-8-17(12-14)23-15(2)21(26)24-22-13-19-18-9-4-3-7-16(18)10-11-20(19)25/h3-13,15,23,25H,1-2H3,(H,24,26)/t15-/m1/s1. The zero-order valence-corrected chi connectivity index (χ0v) is 14.7. The molecule has 0 bridgehead atoms. The Hall–Kier alpha value is -3.34. The van der Waals surface area contributed by atoms with Gasteiger partial charge >= 0.3 is 0 Å². The van der Waals surface area contributed by atoms with E-state index in [4.69, 9.17) is 0 Å². The molecule has 132 valence electrons. The second kappa shape index (κ2) is 7.70. The first-order valence-corrected chi connectivity index (χ1v) is 8.41. The lowest BCUT2D eigenvalue weighted by Gasteiger charge is -2.13. The molecule has 0 spiro atoms. The van der Waals surface area contributed by atoms with Gasteiger partial charge in [0, 0.05) is 11.3 Å². The Bertz CT molecular complexity index is 966. The van der Waals surface area contributed by atoms with E-state index in [0.717, 1.165) is 22.0 Å². The van der Waals surface area contributed by atoms with Crippen molar-refractivity contribution in [3.05, 3.63) is 71.8 Å². The number of hydrogen-bond donors (Lipinski definition) is 3. The number of carbonyl (C=O) groups excluding carboxylic acids is 1. The number of anilines is 1. The molecule has 5 heteroatoms. The number of benzene rings is 3. The molecule has 0 saturated carbocycles. The number of nitrogens with one attached hydrogen (secondary N) is 2. The van der Waals surface area contributed by atoms with E-state index < -0.39 is 6.04 Å². The number of rotatable bonds is 5. The van der Waals surface area contributed by atoms with Crippen LogP contribution in [0.1, 0.15) is 18.1 Å². The Labute approximate surface area is 152 Å². The molecule has 0 heterocycles. The molecule has 3 rings (SSSR count). The van der Waals surface area contributed by atoms with Gasteiger partial charge in [-0.1, -0.05) is 42.5 Å². The molecule has 0 aliphatic carbocycles. The maximum atomic E-state index is 12.2. The summed E-state index contributed by atoms with van der Waals surface area (Å²) in [5.74, 6) is -0.143. The van der Waals surface area contributed by atoms with E-state index in [9.17, 15) is 9.90 Å². The molecular formula is C21H21N3O2. The Morgan fingerprint density at radius 2 is 1.92 bits per heavy atom. The summed E-state index contributed by atoms with van der Waals surface area (Å²) < 4.78 is 0. The number of nitrogens with zero attached hydrogens (tertiary/aromatic N) is 1. The van der Waals surface area contributed by atoms with Crippen LogP contribution in [0.25, 0.3) is 10.8 Å². The maximum absolute atomic E-state index is 12.2. The topological polar surface area (TPSA) is 73.7 Å². The molecule has 0 fully saturated rings. The molecule has 0 saturated heterocycles. The average Bonchev–Trinajstić information content (AvgIpc) is 2.63. The van der Waals surface area contributed by atoms with Crippen molar-refractivity contribution in [3.8, 4) is 5.75 Å². The van der Waals surface area contributed by atoms with E-state index >= 15 is 0 Å². The molecule has 0 aromatic heterocycles. The molecule has 26 heavy (non-hydrogen) atoms. The van der Waals surface area contributed by atoms with Crippen LogP contribution in [-0.4, -0.2) is 23.3 Å². The van der Waals surface area contributed by atoms with Crippen molar-refractivity contribution in [1.29, 1.82) is 0 Å². The third-order valence-electron chi connectivity index (χ3n) is 4.11. The highest BCUT2D eigenvalue weighted by Gasteiger charge is 2.12. The number of hydrogen-bond acceptors (Lipinski definition) is 4. The average molecular weight is 347 g/mol. The Kier molecular flexibility index (Phi) is 5.17. The van der Waals surface area contributed by atoms with Crippen LogP contribution in [-0.2, 0) is 4.79 Å². The van der Waals surface area contributed by atoms with Gasteiger partial charge in [-0.2, -0.15) is 5.10 Å². The molecule has 5 nitrogen and oxygen atoms in total. The highest BCUT2D eigenvalue weighted by molar-refractivity contribution is 6.02. The highest BCUT2D eigenvalue weighted by atomic mass is 16.3. The minimum absolute atomic E-state index is 0.118. The highest BCUT2D eigenvalue weighted by Crippen LogP contribution is 2.25. The fourth-order valence-electron chi connectivity index (χ4n) is 2.73. The van der Waals surface area contributed by atoms with Gasteiger partial charge in [0.25, 0.3) is 5.91 Å². The third-order valence-corrected chi connectivity index (χ3v) is 4.11. The molecule has 0 unspecified atom stereocenters. The first kappa shape index (κ1) is 17.5. The lowest BCUT2D eigenvalue weighted by molar-refractivity contribution is -0.121. The second-order valence-electron chi connectivity index (χ2n) is 6.19. The van der Waals surface area contributed by atoms with Crippen molar-refractivity contribution >= 4 is 28.6 Å². The van der Waals surface area contributed by atoms with E-state index in [2.05, 4.69) is 15.8 Å². The Balaban J connectivity index is 1.68. The van der Waals surface area contributed by atoms with E-state index in [0.29, 0.717) is 5.56 Å². The normalized spacial score (nSPS) is 12.2. The van der Waals surface area contributed by atoms with Gasteiger partial charge < -0.3 is 10.4 Å². The van der Waals surface area contributed by atoms with Crippen molar-refractivity contribution in [2.75, 3.05) is 5.32 Å². The lowest BCUT2D eigenvalue weighted by atomic mass is 10.0. The van der Waals surface area contributed by atoms with Crippen LogP contribution in [0.4, 0.5) is 5.69 Å². The SMILES string of the molecule is Cc1cccc(N[C@H](C)C(=O)NN=Cc2c(O)ccc3ccccc23)c1. The Morgan fingerprint density at radius 1 is 1.12 bits per heavy atom. The van der Waals surface area contributed by atoms with Gasteiger partial charge in [-0.15, -0.1) is 0 Å². The molecule has 0 aliphatic rings. The summed E-state index contributed by atoms with van der Waals surface area (Å²) in [6.07, 6.45) is 1.47. The van der Waals surface area contributed by atoms with Crippen LogP contribution in [0.2, 0.25) is 0 Å². The molecule has 3 N–H and O–H groups in total. The lowest BCUT2D eigenvalue weighted by Crippen LogP contribution is -2.34. The molecule has 0 aliphatic heterocycles. The van der Waals surface area contributed by atoms with Crippen molar-refractivity contribution < 1.29 is 9.90 Å². The van der Waals surface area contributed by atoms with Crippen molar-refractivity contribution in [2.24, 2.45) is 5.10 Å². The van der Waals surface area contributed by atoms with Crippen molar-refractivity contribution in [2.45, 2.75) is 19.9 Å². The van der Waals surface area contributed by atoms with E-state index in [1.54, 1.807) is 13.0 Å². The summed E-state index contributed by atoms with van der Waals surface area (Å²) >= 11 is 0. The summed E-state index contributed by atoms with van der Waals surface area (Å²) in [5.41, 5.74) is 5.08. The van der Waals surface area contributed by atoms with Gasteiger partial charge in [-0.25, -0.2) is 5.43 Å². The van der Waals surface area contributed by atoms with Crippen LogP contribution in [0.3, 0.4) is 0 Å². The number of amides is 1.